The Kier molecular flexibility index (Phi) is 9.01. The van der Waals surface area contributed by atoms with E-state index < -0.39 is 23.8 Å². The van der Waals surface area contributed by atoms with Crippen molar-refractivity contribution in [3.63, 3.8) is 0 Å². The van der Waals surface area contributed by atoms with E-state index in [1.165, 1.54) is 23.9 Å². The predicted molar refractivity (Wildman–Crippen MR) is 93.9 cm³/mol. The molecule has 2 atom stereocenters. The summed E-state index contributed by atoms with van der Waals surface area (Å²) in [7, 11) is 0. The molecule has 8 heteroatoms. The number of carbonyl (C=O) groups is 3. The lowest BCUT2D eigenvalue weighted by atomic mass is 9.94. The van der Waals surface area contributed by atoms with Crippen LogP contribution in [0.1, 0.15) is 42.1 Å². The lowest BCUT2D eigenvalue weighted by molar-refractivity contribution is -0.142. The molecule has 0 fully saturated rings. The van der Waals surface area contributed by atoms with E-state index in [4.69, 9.17) is 10.3 Å². The molecule has 0 aliphatic heterocycles. The average Bonchev–Trinajstić information content (AvgIpc) is 2.60. The molecule has 25 heavy (non-hydrogen) atoms. The van der Waals surface area contributed by atoms with E-state index in [1.54, 1.807) is 17.6 Å². The smallest absolute Gasteiger partial charge is 0.335 e. The molecule has 0 radical (unpaired) electrons. The van der Waals surface area contributed by atoms with E-state index in [1.807, 2.05) is 6.92 Å². The molecule has 2 unspecified atom stereocenters. The number of hydroxylamine groups is 1. The van der Waals surface area contributed by atoms with Crippen molar-refractivity contribution in [2.45, 2.75) is 37.9 Å². The summed E-state index contributed by atoms with van der Waals surface area (Å²) in [5, 5.41) is 26.7. The van der Waals surface area contributed by atoms with E-state index in [0.29, 0.717) is 30.6 Å². The van der Waals surface area contributed by atoms with Crippen molar-refractivity contribution in [3.8, 4) is 0 Å². The lowest BCUT2D eigenvalue weighted by Gasteiger charge is -2.15. The maximum atomic E-state index is 11.4. The monoisotopic (exact) mass is 369 g/mol. The minimum Gasteiger partial charge on any atom is -0.481 e. The molecule has 7 nitrogen and oxygen atoms in total. The van der Waals surface area contributed by atoms with Gasteiger partial charge in [0.1, 0.15) is 0 Å². The van der Waals surface area contributed by atoms with E-state index in [0.717, 1.165) is 0 Å². The van der Waals surface area contributed by atoms with Crippen molar-refractivity contribution >= 4 is 29.6 Å². The standard InChI is InChI=1S/C17H23NO6S/c1-2-14(15(19)18-24)25-8-4-7-13(17(22)23)10-11-5-3-6-12(9-11)16(20)21/h3,5-6,9,13-14,24H,2,4,7-8,10H2,1H3,(H,18,19)(H,20,21)(H,22,23). The van der Waals surface area contributed by atoms with Gasteiger partial charge in [-0.15, -0.1) is 11.8 Å². The Hall–Kier alpha value is -2.06. The Morgan fingerprint density at radius 3 is 2.52 bits per heavy atom. The van der Waals surface area contributed by atoms with Gasteiger partial charge in [0.05, 0.1) is 16.7 Å². The second-order valence-corrected chi connectivity index (χ2v) is 6.94. The Morgan fingerprint density at radius 1 is 1.24 bits per heavy atom. The summed E-state index contributed by atoms with van der Waals surface area (Å²) in [6.45, 7) is 1.84. The molecule has 0 aliphatic rings. The number of carboxylic acids is 2. The third-order valence-electron chi connectivity index (χ3n) is 3.79. The lowest BCUT2D eigenvalue weighted by Crippen LogP contribution is -2.29. The van der Waals surface area contributed by atoms with Crippen LogP contribution in [-0.2, 0) is 16.0 Å². The molecule has 0 bridgehead atoms. The summed E-state index contributed by atoms with van der Waals surface area (Å²) in [6, 6.07) is 6.28. The second kappa shape index (κ2) is 10.7. The minimum atomic E-state index is -1.04. The van der Waals surface area contributed by atoms with Gasteiger partial charge in [0, 0.05) is 0 Å². The highest BCUT2D eigenvalue weighted by atomic mass is 32.2. The number of benzene rings is 1. The quantitative estimate of drug-likeness (QED) is 0.268. The van der Waals surface area contributed by atoms with Crippen LogP contribution in [0.25, 0.3) is 0 Å². The van der Waals surface area contributed by atoms with Gasteiger partial charge in [-0.3, -0.25) is 14.8 Å². The third kappa shape index (κ3) is 7.15. The largest absolute Gasteiger partial charge is 0.481 e. The summed E-state index contributed by atoms with van der Waals surface area (Å²) in [5.74, 6) is -2.43. The molecule has 0 heterocycles. The van der Waals surface area contributed by atoms with E-state index >= 15 is 0 Å². The molecule has 0 aliphatic carbocycles. The number of carbonyl (C=O) groups excluding carboxylic acids is 1. The van der Waals surface area contributed by atoms with E-state index in [2.05, 4.69) is 0 Å². The summed E-state index contributed by atoms with van der Waals surface area (Å²) in [5.41, 5.74) is 2.44. The number of amides is 1. The zero-order valence-electron chi connectivity index (χ0n) is 14.0. The highest BCUT2D eigenvalue weighted by Crippen LogP contribution is 2.21. The van der Waals surface area contributed by atoms with E-state index in [-0.39, 0.29) is 17.2 Å². The zero-order valence-corrected chi connectivity index (χ0v) is 14.8. The van der Waals surface area contributed by atoms with Crippen LogP contribution in [0, 0.1) is 5.92 Å². The van der Waals surface area contributed by atoms with Gasteiger partial charge < -0.3 is 10.2 Å². The van der Waals surface area contributed by atoms with Crippen LogP contribution in [0.2, 0.25) is 0 Å². The van der Waals surface area contributed by atoms with Gasteiger partial charge in [-0.1, -0.05) is 19.1 Å². The summed E-state index contributed by atoms with van der Waals surface area (Å²) in [6.07, 6.45) is 1.86. The molecule has 1 aromatic carbocycles. The fourth-order valence-corrected chi connectivity index (χ4v) is 3.49. The molecule has 0 aromatic heterocycles. The summed E-state index contributed by atoms with van der Waals surface area (Å²) >= 11 is 1.38. The molecular weight excluding hydrogens is 346 g/mol. The van der Waals surface area contributed by atoms with Crippen molar-refractivity contribution < 1.29 is 29.8 Å². The summed E-state index contributed by atoms with van der Waals surface area (Å²) < 4.78 is 0. The normalized spacial score (nSPS) is 13.0. The summed E-state index contributed by atoms with van der Waals surface area (Å²) in [4.78, 5) is 33.8. The zero-order chi connectivity index (χ0) is 18.8. The third-order valence-corrected chi connectivity index (χ3v) is 5.27. The highest BCUT2D eigenvalue weighted by molar-refractivity contribution is 8.00. The van der Waals surface area contributed by atoms with Crippen LogP contribution in [0.15, 0.2) is 24.3 Å². The Bertz CT molecular complexity index is 607. The molecule has 4 N–H and O–H groups in total. The van der Waals surface area contributed by atoms with Crippen molar-refractivity contribution in [2.24, 2.45) is 5.92 Å². The maximum Gasteiger partial charge on any atom is 0.335 e. The van der Waals surface area contributed by atoms with Crippen LogP contribution in [-0.4, -0.2) is 44.3 Å². The Balaban J connectivity index is 2.55. The fraction of sp³-hybridized carbons (Fsp3) is 0.471. The van der Waals surface area contributed by atoms with Crippen molar-refractivity contribution in [2.75, 3.05) is 5.75 Å². The van der Waals surface area contributed by atoms with Crippen molar-refractivity contribution in [1.29, 1.82) is 0 Å². The number of hydrogen-bond donors (Lipinski definition) is 4. The number of carboxylic acid groups (broad SMARTS) is 2. The van der Waals surface area contributed by atoms with Gasteiger partial charge in [-0.2, -0.15) is 0 Å². The van der Waals surface area contributed by atoms with Gasteiger partial charge in [0.25, 0.3) is 5.91 Å². The van der Waals surface area contributed by atoms with Crippen LogP contribution in [0.4, 0.5) is 0 Å². The fourth-order valence-electron chi connectivity index (χ4n) is 2.43. The Morgan fingerprint density at radius 2 is 1.96 bits per heavy atom. The van der Waals surface area contributed by atoms with Gasteiger partial charge in [-0.25, -0.2) is 10.3 Å². The SMILES string of the molecule is CCC(SCCCC(Cc1cccc(C(=O)O)c1)C(=O)O)C(=O)NO. The van der Waals surface area contributed by atoms with Crippen LogP contribution >= 0.6 is 11.8 Å². The molecule has 1 rings (SSSR count). The molecule has 1 aromatic rings. The average molecular weight is 369 g/mol. The molecule has 0 saturated heterocycles. The van der Waals surface area contributed by atoms with Gasteiger partial charge in [0.2, 0.25) is 0 Å². The van der Waals surface area contributed by atoms with Gasteiger partial charge in [0.15, 0.2) is 0 Å². The van der Waals surface area contributed by atoms with Crippen LogP contribution in [0.5, 0.6) is 0 Å². The molecule has 0 saturated carbocycles. The van der Waals surface area contributed by atoms with Gasteiger partial charge in [-0.05, 0) is 49.1 Å². The number of aliphatic carboxylic acids is 1. The van der Waals surface area contributed by atoms with Gasteiger partial charge >= 0.3 is 11.9 Å². The first kappa shape index (κ1) is 21.0. The van der Waals surface area contributed by atoms with Crippen LogP contribution < -0.4 is 5.48 Å². The number of nitrogens with one attached hydrogen (secondary N) is 1. The number of thioether (sulfide) groups is 1. The number of rotatable bonds is 11. The molecular formula is C17H23NO6S. The first-order chi connectivity index (χ1) is 11.9. The van der Waals surface area contributed by atoms with Crippen LogP contribution in [0.3, 0.4) is 0 Å². The van der Waals surface area contributed by atoms with E-state index in [9.17, 15) is 19.5 Å². The molecule has 0 spiro atoms. The topological polar surface area (TPSA) is 124 Å². The van der Waals surface area contributed by atoms with Crippen molar-refractivity contribution in [3.05, 3.63) is 35.4 Å². The highest BCUT2D eigenvalue weighted by Gasteiger charge is 2.20. The van der Waals surface area contributed by atoms with Crippen molar-refractivity contribution in [1.82, 2.24) is 5.48 Å². The molecule has 1 amide bonds. The Labute approximate surface area is 150 Å². The molecule has 138 valence electrons. The first-order valence-electron chi connectivity index (χ1n) is 7.99. The number of aromatic carboxylic acids is 1. The first-order valence-corrected chi connectivity index (χ1v) is 9.04. The number of hydrogen-bond acceptors (Lipinski definition) is 5. The second-order valence-electron chi connectivity index (χ2n) is 5.63. The maximum absolute atomic E-state index is 11.4. The predicted octanol–water partition coefficient (Wildman–Crippen LogP) is 2.43. The minimum absolute atomic E-state index is 0.137.